The summed E-state index contributed by atoms with van der Waals surface area (Å²) >= 11 is 12.6. The SMILES string of the molecule is CCc1cc(S(=O)(=O)O)cc(N=Nc2c([O-])c(C(=O)Nc3ccc(OC)cc3Cl)cc3ccccc23)c1Cl.[Na+]. The number of amides is 1. The number of aryl methyl sites for hydroxylation is 1. The first-order valence-electron chi connectivity index (χ1n) is 11.1. The average molecular weight is 596 g/mol. The molecule has 0 aliphatic carbocycles. The molecule has 0 saturated heterocycles. The Morgan fingerprint density at radius 1 is 1.08 bits per heavy atom. The predicted octanol–water partition coefficient (Wildman–Crippen LogP) is 3.71. The molecule has 0 bridgehead atoms. The molecule has 4 aromatic carbocycles. The average Bonchev–Trinajstić information content (AvgIpc) is 2.89. The molecular weight excluding hydrogens is 576 g/mol. The number of methoxy groups -OCH3 is 1. The van der Waals surface area contributed by atoms with Crippen LogP contribution in [0, 0.1) is 0 Å². The minimum Gasteiger partial charge on any atom is -0.870 e. The molecule has 0 aromatic heterocycles. The summed E-state index contributed by atoms with van der Waals surface area (Å²) in [6.45, 7) is 1.75. The van der Waals surface area contributed by atoms with Crippen LogP contribution in [-0.2, 0) is 16.5 Å². The molecule has 4 rings (SSSR count). The number of halogens is 2. The first kappa shape index (κ1) is 30.8. The fourth-order valence-corrected chi connectivity index (χ4v) is 4.76. The molecule has 196 valence electrons. The van der Waals surface area contributed by atoms with Gasteiger partial charge in [-0.3, -0.25) is 9.35 Å². The van der Waals surface area contributed by atoms with Gasteiger partial charge in [-0.1, -0.05) is 60.1 Å². The molecule has 1 amide bonds. The van der Waals surface area contributed by atoms with E-state index in [9.17, 15) is 22.9 Å². The number of carbonyl (C=O) groups excluding carboxylic acids is 1. The zero-order chi connectivity index (χ0) is 27.6. The number of fused-ring (bicyclic) bond motifs is 1. The second-order valence-electron chi connectivity index (χ2n) is 8.07. The molecule has 2 N–H and O–H groups in total. The van der Waals surface area contributed by atoms with Gasteiger partial charge >= 0.3 is 29.6 Å². The van der Waals surface area contributed by atoms with Gasteiger partial charge in [-0.05, 0) is 47.7 Å². The van der Waals surface area contributed by atoms with Crippen molar-refractivity contribution in [1.82, 2.24) is 0 Å². The van der Waals surface area contributed by atoms with E-state index in [1.165, 1.54) is 25.3 Å². The van der Waals surface area contributed by atoms with Crippen molar-refractivity contribution in [3.05, 3.63) is 81.8 Å². The maximum absolute atomic E-state index is 13.4. The fourth-order valence-electron chi connectivity index (χ4n) is 3.71. The number of benzene rings is 4. The molecule has 0 aliphatic heterocycles. The Kier molecular flexibility index (Phi) is 10.0. The molecule has 0 radical (unpaired) electrons. The summed E-state index contributed by atoms with van der Waals surface area (Å²) < 4.78 is 38.1. The number of nitrogens with one attached hydrogen (secondary N) is 1. The van der Waals surface area contributed by atoms with Gasteiger partial charge in [0.25, 0.3) is 16.0 Å². The van der Waals surface area contributed by atoms with Gasteiger partial charge in [0.15, 0.2) is 0 Å². The van der Waals surface area contributed by atoms with Gasteiger partial charge in [0.05, 0.1) is 33.4 Å². The summed E-state index contributed by atoms with van der Waals surface area (Å²) in [7, 11) is -3.07. The Labute approximate surface area is 256 Å². The summed E-state index contributed by atoms with van der Waals surface area (Å²) in [5, 5.41) is 25.4. The first-order valence-corrected chi connectivity index (χ1v) is 13.3. The van der Waals surface area contributed by atoms with Crippen LogP contribution in [0.15, 0.2) is 75.8 Å². The Bertz CT molecular complexity index is 1710. The molecule has 0 atom stereocenters. The minimum absolute atomic E-state index is 0. The largest absolute Gasteiger partial charge is 1.00 e. The van der Waals surface area contributed by atoms with Gasteiger partial charge in [0, 0.05) is 17.0 Å². The third-order valence-corrected chi connectivity index (χ3v) is 7.26. The third-order valence-electron chi connectivity index (χ3n) is 5.68. The molecule has 39 heavy (non-hydrogen) atoms. The number of ether oxygens (including phenoxy) is 1. The van der Waals surface area contributed by atoms with Gasteiger partial charge in [-0.2, -0.15) is 13.5 Å². The number of anilines is 1. The Balaban J connectivity index is 0.00000420. The Morgan fingerprint density at radius 2 is 1.79 bits per heavy atom. The number of hydrogen-bond acceptors (Lipinski definition) is 7. The molecule has 4 aromatic rings. The van der Waals surface area contributed by atoms with Gasteiger partial charge in [0.2, 0.25) is 0 Å². The molecule has 9 nitrogen and oxygen atoms in total. The molecule has 0 spiro atoms. The van der Waals surface area contributed by atoms with Crippen LogP contribution in [0.25, 0.3) is 10.8 Å². The van der Waals surface area contributed by atoms with E-state index in [0.29, 0.717) is 28.5 Å². The van der Waals surface area contributed by atoms with Gasteiger partial charge < -0.3 is 15.2 Å². The van der Waals surface area contributed by atoms with Gasteiger partial charge in [-0.15, -0.1) is 5.11 Å². The van der Waals surface area contributed by atoms with E-state index in [1.54, 1.807) is 43.3 Å². The van der Waals surface area contributed by atoms with Crippen LogP contribution in [0.3, 0.4) is 0 Å². The molecule has 0 aliphatic rings. The summed E-state index contributed by atoms with van der Waals surface area (Å²) in [6.07, 6.45) is 0.351. The number of rotatable bonds is 7. The van der Waals surface area contributed by atoms with Crippen molar-refractivity contribution in [3.8, 4) is 11.5 Å². The minimum atomic E-state index is -4.55. The summed E-state index contributed by atoms with van der Waals surface area (Å²) in [5.41, 5.74) is 0.251. The van der Waals surface area contributed by atoms with Crippen molar-refractivity contribution >= 4 is 67.1 Å². The van der Waals surface area contributed by atoms with Crippen LogP contribution in [0.5, 0.6) is 11.5 Å². The summed E-state index contributed by atoms with van der Waals surface area (Å²) in [5.74, 6) is -0.940. The fraction of sp³-hybridized carbons (Fsp3) is 0.115. The monoisotopic (exact) mass is 595 g/mol. The van der Waals surface area contributed by atoms with E-state index in [4.69, 9.17) is 27.9 Å². The van der Waals surface area contributed by atoms with Crippen LogP contribution >= 0.6 is 23.2 Å². The van der Waals surface area contributed by atoms with E-state index in [-0.39, 0.29) is 62.2 Å². The number of azo groups is 1. The third kappa shape index (κ3) is 6.72. The van der Waals surface area contributed by atoms with Crippen molar-refractivity contribution < 1.29 is 57.2 Å². The summed E-state index contributed by atoms with van der Waals surface area (Å²) in [4.78, 5) is 12.7. The van der Waals surface area contributed by atoms with E-state index in [1.807, 2.05) is 0 Å². The molecule has 0 saturated carbocycles. The molecule has 0 unspecified atom stereocenters. The van der Waals surface area contributed by atoms with Crippen LogP contribution in [0.1, 0.15) is 22.8 Å². The second-order valence-corrected chi connectivity index (χ2v) is 10.3. The van der Waals surface area contributed by atoms with Crippen LogP contribution in [0.4, 0.5) is 17.1 Å². The summed E-state index contributed by atoms with van der Waals surface area (Å²) in [6, 6.07) is 15.2. The Morgan fingerprint density at radius 3 is 2.44 bits per heavy atom. The molecule has 0 fully saturated rings. The van der Waals surface area contributed by atoms with Crippen LogP contribution in [0.2, 0.25) is 10.0 Å². The van der Waals surface area contributed by atoms with Gasteiger partial charge in [-0.25, -0.2) is 0 Å². The molecule has 0 heterocycles. The van der Waals surface area contributed by atoms with Crippen molar-refractivity contribution in [2.45, 2.75) is 18.2 Å². The van der Waals surface area contributed by atoms with E-state index in [2.05, 4.69) is 15.5 Å². The Hall–Kier alpha value is -2.70. The smallest absolute Gasteiger partial charge is 0.870 e. The van der Waals surface area contributed by atoms with E-state index < -0.39 is 26.7 Å². The molecular formula is C26H20Cl2N3NaO6S. The van der Waals surface area contributed by atoms with E-state index in [0.717, 1.165) is 6.07 Å². The van der Waals surface area contributed by atoms with Crippen molar-refractivity contribution in [1.29, 1.82) is 0 Å². The number of hydrogen-bond donors (Lipinski definition) is 2. The second kappa shape index (κ2) is 12.6. The van der Waals surface area contributed by atoms with Gasteiger partial charge in [0.1, 0.15) is 11.4 Å². The standard InChI is InChI=1S/C26H21Cl2N3O6S.Na/c1-3-14-10-17(38(34,35)36)13-22(23(14)28)30-31-24-18-7-5-4-6-15(18)11-19(25(24)32)26(33)29-21-9-8-16(37-2)12-20(21)27;/h4-13,32H,3H2,1-2H3,(H,29,33)(H,34,35,36);/q;+1/p-1. The van der Waals surface area contributed by atoms with Crippen molar-refractivity contribution in [2.24, 2.45) is 10.2 Å². The number of carbonyl (C=O) groups is 1. The van der Waals surface area contributed by atoms with E-state index >= 15 is 0 Å². The normalized spacial score (nSPS) is 11.4. The molecule has 13 heteroatoms. The van der Waals surface area contributed by atoms with Crippen molar-refractivity contribution in [3.63, 3.8) is 0 Å². The van der Waals surface area contributed by atoms with Crippen LogP contribution in [-0.4, -0.2) is 26.0 Å². The topological polar surface area (TPSA) is 140 Å². The quantitative estimate of drug-likeness (QED) is 0.189. The predicted molar refractivity (Wildman–Crippen MR) is 144 cm³/mol. The number of nitrogens with zero attached hydrogens (tertiary/aromatic N) is 2. The zero-order valence-electron chi connectivity index (χ0n) is 21.0. The maximum Gasteiger partial charge on any atom is 1.00 e. The van der Waals surface area contributed by atoms with Crippen LogP contribution < -0.4 is 44.7 Å². The van der Waals surface area contributed by atoms with Crippen molar-refractivity contribution in [2.75, 3.05) is 12.4 Å². The first-order chi connectivity index (χ1) is 18.0. The zero-order valence-corrected chi connectivity index (χ0v) is 25.4. The maximum atomic E-state index is 13.4.